The van der Waals surface area contributed by atoms with E-state index < -0.39 is 6.10 Å². The second-order valence-corrected chi connectivity index (χ2v) is 4.09. The van der Waals surface area contributed by atoms with E-state index in [0.717, 1.165) is 28.9 Å². The molecular weight excluding hydrogens is 216 g/mol. The molecule has 1 atom stereocenters. The van der Waals surface area contributed by atoms with Crippen molar-refractivity contribution in [3.05, 3.63) is 41.0 Å². The first kappa shape index (κ1) is 11.7. The van der Waals surface area contributed by atoms with Gasteiger partial charge in [-0.2, -0.15) is 15.3 Å². The van der Waals surface area contributed by atoms with Gasteiger partial charge in [-0.05, 0) is 19.4 Å². The summed E-state index contributed by atoms with van der Waals surface area (Å²) >= 11 is 0. The average molecular weight is 232 g/mol. The minimum absolute atomic E-state index is 0.687. The van der Waals surface area contributed by atoms with Crippen LogP contribution in [0.1, 0.15) is 35.5 Å². The molecule has 0 fully saturated rings. The summed E-state index contributed by atoms with van der Waals surface area (Å²) in [5.41, 5.74) is 3.22. The minimum atomic E-state index is -0.687. The predicted octanol–water partition coefficient (Wildman–Crippen LogP) is 1.16. The molecule has 0 aliphatic rings. The second-order valence-electron chi connectivity index (χ2n) is 4.09. The number of aliphatic hydroxyl groups excluding tert-OH is 1. The highest BCUT2D eigenvalue weighted by Gasteiger charge is 2.17. The van der Waals surface area contributed by atoms with Crippen LogP contribution in [0.25, 0.3) is 0 Å². The summed E-state index contributed by atoms with van der Waals surface area (Å²) in [5.74, 6) is 0. The van der Waals surface area contributed by atoms with Crippen LogP contribution >= 0.6 is 0 Å². The number of aryl methyl sites for hydroxylation is 3. The molecule has 0 aliphatic heterocycles. The van der Waals surface area contributed by atoms with Crippen LogP contribution in [0.3, 0.4) is 0 Å². The van der Waals surface area contributed by atoms with Gasteiger partial charge in [-0.3, -0.25) is 4.68 Å². The third kappa shape index (κ3) is 2.34. The lowest BCUT2D eigenvalue weighted by atomic mass is 10.0. The van der Waals surface area contributed by atoms with Gasteiger partial charge in [0.25, 0.3) is 0 Å². The Hall–Kier alpha value is -1.75. The first-order chi connectivity index (χ1) is 8.11. The van der Waals surface area contributed by atoms with Gasteiger partial charge in [-0.15, -0.1) is 0 Å². The maximum absolute atomic E-state index is 10.3. The van der Waals surface area contributed by atoms with Gasteiger partial charge in [0.05, 0.1) is 17.6 Å². The molecule has 90 valence electrons. The number of nitrogens with zero attached hydrogens (tertiary/aromatic N) is 4. The summed E-state index contributed by atoms with van der Waals surface area (Å²) in [7, 11) is 1.83. The third-order valence-electron chi connectivity index (χ3n) is 2.70. The van der Waals surface area contributed by atoms with E-state index in [2.05, 4.69) is 15.3 Å². The molecule has 0 aromatic carbocycles. The van der Waals surface area contributed by atoms with Gasteiger partial charge in [0.15, 0.2) is 0 Å². The topological polar surface area (TPSA) is 63.8 Å². The fourth-order valence-electron chi connectivity index (χ4n) is 1.81. The molecule has 2 aromatic heterocycles. The molecule has 0 radical (unpaired) electrons. The van der Waals surface area contributed by atoms with Crippen molar-refractivity contribution in [3.63, 3.8) is 0 Å². The molecule has 0 spiro atoms. The number of aromatic nitrogens is 4. The highest BCUT2D eigenvalue weighted by molar-refractivity contribution is 5.30. The van der Waals surface area contributed by atoms with E-state index in [4.69, 9.17) is 0 Å². The van der Waals surface area contributed by atoms with E-state index in [1.165, 1.54) is 0 Å². The summed E-state index contributed by atoms with van der Waals surface area (Å²) in [6.07, 6.45) is 3.53. The van der Waals surface area contributed by atoms with Crippen molar-refractivity contribution in [3.8, 4) is 0 Å². The van der Waals surface area contributed by atoms with Gasteiger partial charge in [-0.25, -0.2) is 0 Å². The Balaban J connectivity index is 2.42. The summed E-state index contributed by atoms with van der Waals surface area (Å²) in [5, 5.41) is 22.5. The molecule has 0 amide bonds. The van der Waals surface area contributed by atoms with Crippen LogP contribution in [0.4, 0.5) is 0 Å². The molecule has 0 bridgehead atoms. The first-order valence-electron chi connectivity index (χ1n) is 5.61. The van der Waals surface area contributed by atoms with Gasteiger partial charge in [0.1, 0.15) is 6.10 Å². The Kier molecular flexibility index (Phi) is 3.19. The van der Waals surface area contributed by atoms with E-state index in [-0.39, 0.29) is 0 Å². The van der Waals surface area contributed by atoms with E-state index in [9.17, 15) is 5.11 Å². The van der Waals surface area contributed by atoms with E-state index in [1.807, 2.05) is 27.0 Å². The largest absolute Gasteiger partial charge is 0.383 e. The van der Waals surface area contributed by atoms with Gasteiger partial charge < -0.3 is 5.11 Å². The Morgan fingerprint density at radius 3 is 2.76 bits per heavy atom. The molecule has 17 heavy (non-hydrogen) atoms. The number of aliphatic hydroxyl groups is 1. The summed E-state index contributed by atoms with van der Waals surface area (Å²) in [6, 6.07) is 1.88. The first-order valence-corrected chi connectivity index (χ1v) is 5.61. The van der Waals surface area contributed by atoms with Crippen molar-refractivity contribution >= 4 is 0 Å². The molecule has 0 saturated heterocycles. The minimum Gasteiger partial charge on any atom is -0.383 e. The van der Waals surface area contributed by atoms with E-state index in [0.29, 0.717) is 0 Å². The van der Waals surface area contributed by atoms with Crippen molar-refractivity contribution < 1.29 is 5.11 Å². The van der Waals surface area contributed by atoms with Crippen LogP contribution in [0.2, 0.25) is 0 Å². The maximum Gasteiger partial charge on any atom is 0.109 e. The molecule has 2 rings (SSSR count). The van der Waals surface area contributed by atoms with Crippen molar-refractivity contribution in [2.45, 2.75) is 26.4 Å². The molecule has 5 nitrogen and oxygen atoms in total. The molecule has 5 heteroatoms. The molecule has 2 heterocycles. The molecular formula is C12H16N4O. The molecule has 0 saturated carbocycles. The zero-order chi connectivity index (χ0) is 12.4. The zero-order valence-electron chi connectivity index (χ0n) is 10.3. The van der Waals surface area contributed by atoms with E-state index in [1.54, 1.807) is 17.1 Å². The average Bonchev–Trinajstić information content (AvgIpc) is 2.75. The Labute approximate surface area is 100 Å². The zero-order valence-corrected chi connectivity index (χ0v) is 10.3. The fourth-order valence-corrected chi connectivity index (χ4v) is 1.81. The highest BCUT2D eigenvalue weighted by Crippen LogP contribution is 2.24. The van der Waals surface area contributed by atoms with Crippen LogP contribution in [-0.2, 0) is 13.5 Å². The maximum atomic E-state index is 10.3. The number of rotatable bonds is 3. The van der Waals surface area contributed by atoms with Crippen LogP contribution < -0.4 is 0 Å². The smallest absolute Gasteiger partial charge is 0.109 e. The van der Waals surface area contributed by atoms with Crippen molar-refractivity contribution in [2.24, 2.45) is 7.05 Å². The normalized spacial score (nSPS) is 12.7. The molecule has 2 aromatic rings. The quantitative estimate of drug-likeness (QED) is 0.862. The van der Waals surface area contributed by atoms with Gasteiger partial charge in [0.2, 0.25) is 0 Å². The van der Waals surface area contributed by atoms with Gasteiger partial charge in [-0.1, -0.05) is 6.92 Å². The lowest BCUT2D eigenvalue weighted by Gasteiger charge is -2.12. The summed E-state index contributed by atoms with van der Waals surface area (Å²) in [4.78, 5) is 0. The van der Waals surface area contributed by atoms with Crippen molar-refractivity contribution in [2.75, 3.05) is 0 Å². The van der Waals surface area contributed by atoms with Crippen LogP contribution in [0.5, 0.6) is 0 Å². The SMILES string of the molecule is CCc1nnc(C)cc1C(O)c1cnn(C)c1. The van der Waals surface area contributed by atoms with E-state index >= 15 is 0 Å². The Bertz CT molecular complexity index is 521. The van der Waals surface area contributed by atoms with Crippen molar-refractivity contribution in [1.29, 1.82) is 0 Å². The lowest BCUT2D eigenvalue weighted by molar-refractivity contribution is 0.218. The van der Waals surface area contributed by atoms with Crippen LogP contribution in [0, 0.1) is 6.92 Å². The Morgan fingerprint density at radius 2 is 2.18 bits per heavy atom. The molecule has 1 unspecified atom stereocenters. The summed E-state index contributed by atoms with van der Waals surface area (Å²) in [6.45, 7) is 3.87. The number of hydrogen-bond acceptors (Lipinski definition) is 4. The van der Waals surface area contributed by atoms with Crippen LogP contribution in [-0.4, -0.2) is 25.1 Å². The number of hydrogen-bond donors (Lipinski definition) is 1. The lowest BCUT2D eigenvalue weighted by Crippen LogP contribution is -2.07. The predicted molar refractivity (Wildman–Crippen MR) is 63.4 cm³/mol. The highest BCUT2D eigenvalue weighted by atomic mass is 16.3. The van der Waals surface area contributed by atoms with Gasteiger partial charge in [0, 0.05) is 24.4 Å². The Morgan fingerprint density at radius 1 is 1.41 bits per heavy atom. The fraction of sp³-hybridized carbons (Fsp3) is 0.417. The second kappa shape index (κ2) is 4.63. The van der Waals surface area contributed by atoms with Gasteiger partial charge >= 0.3 is 0 Å². The third-order valence-corrected chi connectivity index (χ3v) is 2.70. The molecule has 1 N–H and O–H groups in total. The van der Waals surface area contributed by atoms with Crippen LogP contribution in [0.15, 0.2) is 18.5 Å². The monoisotopic (exact) mass is 232 g/mol. The molecule has 0 aliphatic carbocycles. The standard InChI is InChI=1S/C12H16N4O/c1-4-11-10(5-8(2)14-15-11)12(17)9-6-13-16(3)7-9/h5-7,12,17H,4H2,1-3H3. The summed E-state index contributed by atoms with van der Waals surface area (Å²) < 4.78 is 1.67. The van der Waals surface area contributed by atoms with Crippen molar-refractivity contribution in [1.82, 2.24) is 20.0 Å².